The zero-order valence-electron chi connectivity index (χ0n) is 7.54. The highest BCUT2D eigenvalue weighted by atomic mass is 35.5. The molecule has 0 amide bonds. The third-order valence-corrected chi connectivity index (χ3v) is 1.79. The highest BCUT2D eigenvalue weighted by molar-refractivity contribution is 6.03. The molecule has 0 aliphatic carbocycles. The molecule has 4 nitrogen and oxygen atoms in total. The van der Waals surface area contributed by atoms with Crippen LogP contribution in [0, 0.1) is 0 Å². The smallest absolute Gasteiger partial charge is 0.330 e. The fourth-order valence-electron chi connectivity index (χ4n) is 1.21. The number of carbonyl (C=O) groups excluding carboxylic acids is 2. The summed E-state index contributed by atoms with van der Waals surface area (Å²) in [5.74, 6) is -0.498. The number of Topliss-reactive ketones (excluding diaryl/α,β-unsaturated/α-hetero) is 1. The van der Waals surface area contributed by atoms with Crippen LogP contribution in [0.5, 0.6) is 0 Å². The number of carbonyl (C=O) groups is 2. The first-order valence-corrected chi connectivity index (χ1v) is 4.18. The Bertz CT molecular complexity index is 196. The van der Waals surface area contributed by atoms with E-state index in [-0.39, 0.29) is 18.2 Å². The van der Waals surface area contributed by atoms with Gasteiger partial charge in [0.2, 0.25) is 0 Å². The molecule has 1 rings (SSSR count). The van der Waals surface area contributed by atoms with Crippen LogP contribution in [0.3, 0.4) is 0 Å². The zero-order valence-corrected chi connectivity index (χ0v) is 8.36. The first-order valence-electron chi connectivity index (χ1n) is 4.18. The van der Waals surface area contributed by atoms with E-state index < -0.39 is 12.0 Å². The van der Waals surface area contributed by atoms with Gasteiger partial charge in [0.1, 0.15) is 0 Å². The minimum absolute atomic E-state index is 0. The van der Waals surface area contributed by atoms with Crippen LogP contribution >= 0.6 is 12.4 Å². The maximum atomic E-state index is 11.1. The minimum atomic E-state index is -0.710. The monoisotopic (exact) mass is 207 g/mol. The molecule has 0 radical (unpaired) electrons. The predicted octanol–water partition coefficient (Wildman–Crippen LogP) is 0.292. The van der Waals surface area contributed by atoms with Gasteiger partial charge in [-0.25, -0.2) is 4.79 Å². The Morgan fingerprint density at radius 2 is 2.38 bits per heavy atom. The first kappa shape index (κ1) is 12.4. The van der Waals surface area contributed by atoms with Crippen LogP contribution in [0.25, 0.3) is 0 Å². The van der Waals surface area contributed by atoms with E-state index in [1.807, 2.05) is 0 Å². The van der Waals surface area contributed by atoms with Crippen molar-refractivity contribution in [1.82, 2.24) is 5.32 Å². The number of piperidine rings is 1. The molecule has 0 aromatic rings. The molecule has 0 saturated carbocycles. The topological polar surface area (TPSA) is 55.4 Å². The van der Waals surface area contributed by atoms with Gasteiger partial charge in [0.05, 0.1) is 6.61 Å². The van der Waals surface area contributed by atoms with Gasteiger partial charge >= 0.3 is 5.97 Å². The second kappa shape index (κ2) is 5.94. The normalized spacial score (nSPS) is 21.9. The summed E-state index contributed by atoms with van der Waals surface area (Å²) in [6, 6.07) is -0.710. The summed E-state index contributed by atoms with van der Waals surface area (Å²) < 4.78 is 4.73. The number of ketones is 1. The van der Waals surface area contributed by atoms with Crippen molar-refractivity contribution in [3.8, 4) is 0 Å². The van der Waals surface area contributed by atoms with Crippen molar-refractivity contribution >= 4 is 24.2 Å². The average molecular weight is 208 g/mol. The first-order chi connectivity index (χ1) is 5.75. The van der Waals surface area contributed by atoms with E-state index in [0.29, 0.717) is 13.0 Å². The number of hydrogen-bond donors (Lipinski definition) is 1. The van der Waals surface area contributed by atoms with Crippen LogP contribution in [0.2, 0.25) is 0 Å². The fraction of sp³-hybridized carbons (Fsp3) is 0.750. The van der Waals surface area contributed by atoms with Crippen LogP contribution in [0.15, 0.2) is 0 Å². The maximum Gasteiger partial charge on any atom is 0.330 e. The van der Waals surface area contributed by atoms with Crippen LogP contribution in [0.1, 0.15) is 19.8 Å². The summed E-state index contributed by atoms with van der Waals surface area (Å²) in [6.07, 6.45) is 1.30. The molecule has 1 N–H and O–H groups in total. The zero-order chi connectivity index (χ0) is 8.97. The lowest BCUT2D eigenvalue weighted by Crippen LogP contribution is -2.48. The largest absolute Gasteiger partial charge is 0.464 e. The standard InChI is InChI=1S/C8H13NO3.ClH/c1-2-12-8(11)7-6(10)4-3-5-9-7;/h7,9H,2-5H2,1H3;1H. The molecule has 5 heteroatoms. The summed E-state index contributed by atoms with van der Waals surface area (Å²) in [5.41, 5.74) is 0. The highest BCUT2D eigenvalue weighted by Crippen LogP contribution is 2.04. The molecule has 0 aromatic carbocycles. The molecule has 0 spiro atoms. The molecule has 1 unspecified atom stereocenters. The molecule has 1 aliphatic rings. The van der Waals surface area contributed by atoms with Gasteiger partial charge in [-0.05, 0) is 19.9 Å². The minimum Gasteiger partial charge on any atom is -0.464 e. The molecule has 1 atom stereocenters. The lowest BCUT2D eigenvalue weighted by molar-refractivity contribution is -0.149. The van der Waals surface area contributed by atoms with Gasteiger partial charge in [-0.1, -0.05) is 0 Å². The van der Waals surface area contributed by atoms with Gasteiger partial charge in [0, 0.05) is 6.42 Å². The van der Waals surface area contributed by atoms with Crippen molar-refractivity contribution in [3.63, 3.8) is 0 Å². The summed E-state index contributed by atoms with van der Waals surface area (Å²) in [7, 11) is 0. The second-order valence-electron chi connectivity index (χ2n) is 2.71. The van der Waals surface area contributed by atoms with Gasteiger partial charge in [-0.3, -0.25) is 10.1 Å². The van der Waals surface area contributed by atoms with Gasteiger partial charge in [-0.2, -0.15) is 0 Å². The molecular formula is C8H14ClNO3. The van der Waals surface area contributed by atoms with Crippen molar-refractivity contribution in [2.24, 2.45) is 0 Å². The lowest BCUT2D eigenvalue weighted by Gasteiger charge is -2.20. The van der Waals surface area contributed by atoms with Gasteiger partial charge < -0.3 is 4.74 Å². The molecule has 0 bridgehead atoms. The Hall–Kier alpha value is -0.610. The summed E-state index contributed by atoms with van der Waals surface area (Å²) >= 11 is 0. The Kier molecular flexibility index (Phi) is 5.66. The SMILES string of the molecule is CCOC(=O)C1NCCCC1=O.Cl. The van der Waals surface area contributed by atoms with Gasteiger partial charge in [0.25, 0.3) is 0 Å². The third-order valence-electron chi connectivity index (χ3n) is 1.79. The molecular weight excluding hydrogens is 194 g/mol. The molecule has 0 aromatic heterocycles. The van der Waals surface area contributed by atoms with E-state index in [1.165, 1.54) is 0 Å². The molecule has 13 heavy (non-hydrogen) atoms. The second-order valence-corrected chi connectivity index (χ2v) is 2.71. The van der Waals surface area contributed by atoms with Crippen molar-refractivity contribution in [1.29, 1.82) is 0 Å². The van der Waals surface area contributed by atoms with Crippen molar-refractivity contribution < 1.29 is 14.3 Å². The summed E-state index contributed by atoms with van der Waals surface area (Å²) in [4.78, 5) is 22.3. The van der Waals surface area contributed by atoms with E-state index >= 15 is 0 Å². The van der Waals surface area contributed by atoms with Crippen LogP contribution in [-0.4, -0.2) is 30.9 Å². The number of halogens is 1. The number of hydrogen-bond acceptors (Lipinski definition) is 4. The summed E-state index contributed by atoms with van der Waals surface area (Å²) in [6.45, 7) is 2.77. The molecule has 1 saturated heterocycles. The summed E-state index contributed by atoms with van der Waals surface area (Å²) in [5, 5.41) is 2.83. The lowest BCUT2D eigenvalue weighted by atomic mass is 10.0. The number of ether oxygens (including phenoxy) is 1. The van der Waals surface area contributed by atoms with E-state index in [1.54, 1.807) is 6.92 Å². The van der Waals surface area contributed by atoms with Gasteiger partial charge in [0.15, 0.2) is 11.8 Å². The van der Waals surface area contributed by atoms with E-state index in [2.05, 4.69) is 5.32 Å². The molecule has 1 fully saturated rings. The number of nitrogens with one attached hydrogen (secondary N) is 1. The molecule has 1 aliphatic heterocycles. The molecule has 1 heterocycles. The van der Waals surface area contributed by atoms with Crippen molar-refractivity contribution in [3.05, 3.63) is 0 Å². The van der Waals surface area contributed by atoms with Crippen molar-refractivity contribution in [2.45, 2.75) is 25.8 Å². The van der Waals surface area contributed by atoms with E-state index in [0.717, 1.165) is 13.0 Å². The Labute approximate surface area is 83.4 Å². The Balaban J connectivity index is 0.00000144. The van der Waals surface area contributed by atoms with Crippen LogP contribution in [-0.2, 0) is 14.3 Å². The van der Waals surface area contributed by atoms with Crippen LogP contribution < -0.4 is 5.32 Å². The van der Waals surface area contributed by atoms with E-state index in [9.17, 15) is 9.59 Å². The number of rotatable bonds is 2. The molecule has 76 valence electrons. The van der Waals surface area contributed by atoms with Crippen molar-refractivity contribution in [2.75, 3.05) is 13.2 Å². The quantitative estimate of drug-likeness (QED) is 0.523. The third kappa shape index (κ3) is 3.32. The van der Waals surface area contributed by atoms with Crippen LogP contribution in [0.4, 0.5) is 0 Å². The van der Waals surface area contributed by atoms with E-state index in [4.69, 9.17) is 4.74 Å². The average Bonchev–Trinajstić information content (AvgIpc) is 2.05. The Morgan fingerprint density at radius 3 is 2.92 bits per heavy atom. The Morgan fingerprint density at radius 1 is 1.69 bits per heavy atom. The maximum absolute atomic E-state index is 11.1. The fourth-order valence-corrected chi connectivity index (χ4v) is 1.21. The van der Waals surface area contributed by atoms with Gasteiger partial charge in [-0.15, -0.1) is 12.4 Å². The highest BCUT2D eigenvalue weighted by Gasteiger charge is 2.29. The number of esters is 1. The predicted molar refractivity (Wildman–Crippen MR) is 49.9 cm³/mol.